The molecule has 6 nitrogen and oxygen atoms in total. The summed E-state index contributed by atoms with van der Waals surface area (Å²) >= 11 is 2.88. The maximum Gasteiger partial charge on any atom is 0.269 e. The highest BCUT2D eigenvalue weighted by molar-refractivity contribution is 8.00. The Morgan fingerprint density at radius 2 is 2.35 bits per heavy atom. The van der Waals surface area contributed by atoms with Crippen molar-refractivity contribution in [2.75, 3.05) is 5.73 Å². The Bertz CT molecular complexity index is 530. The molecular formula is C9H8N4O2S2. The Kier molecular flexibility index (Phi) is 3.55. The Hall–Kier alpha value is -1.67. The van der Waals surface area contributed by atoms with Gasteiger partial charge in [-0.25, -0.2) is 0 Å². The number of thioether (sulfide) groups is 1. The predicted molar refractivity (Wildman–Crippen MR) is 67.0 cm³/mol. The number of anilines is 1. The molecule has 0 saturated heterocycles. The highest BCUT2D eigenvalue weighted by Gasteiger charge is 2.10. The Labute approximate surface area is 105 Å². The van der Waals surface area contributed by atoms with Crippen molar-refractivity contribution in [3.63, 3.8) is 0 Å². The van der Waals surface area contributed by atoms with E-state index in [1.165, 1.54) is 35.2 Å². The molecule has 0 spiro atoms. The van der Waals surface area contributed by atoms with Crippen LogP contribution in [0.5, 0.6) is 0 Å². The number of nitro benzene ring substituents is 1. The third-order valence-electron chi connectivity index (χ3n) is 2.03. The number of aromatic nitrogens is 2. The monoisotopic (exact) mass is 268 g/mol. The van der Waals surface area contributed by atoms with E-state index in [-0.39, 0.29) is 5.69 Å². The highest BCUT2D eigenvalue weighted by Crippen LogP contribution is 2.28. The Morgan fingerprint density at radius 3 is 3.00 bits per heavy atom. The highest BCUT2D eigenvalue weighted by atomic mass is 32.2. The maximum atomic E-state index is 10.6. The summed E-state index contributed by atoms with van der Waals surface area (Å²) in [5, 5.41) is 18.2. The summed E-state index contributed by atoms with van der Waals surface area (Å²) in [6.07, 6.45) is 0. The van der Waals surface area contributed by atoms with Gasteiger partial charge in [0, 0.05) is 23.6 Å². The number of benzene rings is 1. The van der Waals surface area contributed by atoms with Gasteiger partial charge in [0.2, 0.25) is 0 Å². The van der Waals surface area contributed by atoms with Gasteiger partial charge in [-0.1, -0.05) is 23.1 Å². The van der Waals surface area contributed by atoms with Crippen molar-refractivity contribution in [1.29, 1.82) is 0 Å². The largest absolute Gasteiger partial charge is 0.398 e. The first kappa shape index (κ1) is 11.8. The van der Waals surface area contributed by atoms with Crippen molar-refractivity contribution < 1.29 is 4.92 Å². The van der Waals surface area contributed by atoms with Gasteiger partial charge in [-0.05, 0) is 11.6 Å². The molecular weight excluding hydrogens is 260 g/mol. The molecule has 0 saturated carbocycles. The van der Waals surface area contributed by atoms with Gasteiger partial charge in [0.15, 0.2) is 4.34 Å². The van der Waals surface area contributed by atoms with Gasteiger partial charge in [-0.3, -0.25) is 10.1 Å². The number of nitrogen functional groups attached to an aromatic ring is 1. The predicted octanol–water partition coefficient (Wildman–Crippen LogP) is 2.32. The summed E-state index contributed by atoms with van der Waals surface area (Å²) in [5.74, 6) is 0.544. The number of nitrogens with two attached hydrogens (primary N) is 1. The van der Waals surface area contributed by atoms with Crippen LogP contribution in [0.4, 0.5) is 11.4 Å². The summed E-state index contributed by atoms with van der Waals surface area (Å²) in [6, 6.07) is 4.44. The molecule has 0 atom stereocenters. The van der Waals surface area contributed by atoms with Crippen molar-refractivity contribution in [3.8, 4) is 0 Å². The molecule has 0 aliphatic heterocycles. The SMILES string of the molecule is Nc1ccc([N+](=O)[O-])cc1CSc1nncs1. The molecule has 0 bridgehead atoms. The summed E-state index contributed by atoms with van der Waals surface area (Å²) in [5.41, 5.74) is 8.73. The van der Waals surface area contributed by atoms with E-state index in [0.29, 0.717) is 11.4 Å². The van der Waals surface area contributed by atoms with Crippen LogP contribution in [0, 0.1) is 10.1 Å². The van der Waals surface area contributed by atoms with Gasteiger partial charge in [-0.15, -0.1) is 10.2 Å². The van der Waals surface area contributed by atoms with Crippen LogP contribution in [0.2, 0.25) is 0 Å². The topological polar surface area (TPSA) is 94.9 Å². The van der Waals surface area contributed by atoms with Crippen LogP contribution in [0.3, 0.4) is 0 Å². The maximum absolute atomic E-state index is 10.6. The first-order valence-electron chi connectivity index (χ1n) is 4.58. The lowest BCUT2D eigenvalue weighted by Gasteiger charge is -2.03. The summed E-state index contributed by atoms with van der Waals surface area (Å²) in [6.45, 7) is 0. The van der Waals surface area contributed by atoms with Crippen LogP contribution in [0.1, 0.15) is 5.56 Å². The van der Waals surface area contributed by atoms with E-state index in [1.807, 2.05) is 0 Å². The normalized spacial score (nSPS) is 10.4. The summed E-state index contributed by atoms with van der Waals surface area (Å²) < 4.78 is 0.816. The molecule has 0 fully saturated rings. The van der Waals surface area contributed by atoms with E-state index in [9.17, 15) is 10.1 Å². The number of hydrogen-bond donors (Lipinski definition) is 1. The van der Waals surface area contributed by atoms with Gasteiger partial charge >= 0.3 is 0 Å². The van der Waals surface area contributed by atoms with Gasteiger partial charge in [0.05, 0.1) is 4.92 Å². The zero-order chi connectivity index (χ0) is 12.3. The minimum atomic E-state index is -0.432. The van der Waals surface area contributed by atoms with Crippen LogP contribution in [-0.4, -0.2) is 15.1 Å². The second kappa shape index (κ2) is 5.11. The smallest absolute Gasteiger partial charge is 0.269 e. The molecule has 2 rings (SSSR count). The molecule has 1 heterocycles. The van der Waals surface area contributed by atoms with Crippen molar-refractivity contribution >= 4 is 34.5 Å². The lowest BCUT2D eigenvalue weighted by Crippen LogP contribution is -1.95. The lowest BCUT2D eigenvalue weighted by molar-refractivity contribution is -0.384. The molecule has 8 heteroatoms. The lowest BCUT2D eigenvalue weighted by atomic mass is 10.2. The van der Waals surface area contributed by atoms with E-state index in [2.05, 4.69) is 10.2 Å². The average molecular weight is 268 g/mol. The van der Waals surface area contributed by atoms with Crippen molar-refractivity contribution in [2.45, 2.75) is 10.1 Å². The first-order chi connectivity index (χ1) is 8.16. The Morgan fingerprint density at radius 1 is 1.53 bits per heavy atom. The third kappa shape index (κ3) is 2.92. The summed E-state index contributed by atoms with van der Waals surface area (Å²) in [4.78, 5) is 10.2. The molecule has 1 aromatic carbocycles. The van der Waals surface area contributed by atoms with Crippen LogP contribution in [0.25, 0.3) is 0 Å². The van der Waals surface area contributed by atoms with Crippen LogP contribution >= 0.6 is 23.1 Å². The molecule has 17 heavy (non-hydrogen) atoms. The van der Waals surface area contributed by atoms with E-state index >= 15 is 0 Å². The minimum Gasteiger partial charge on any atom is -0.398 e. The molecule has 0 radical (unpaired) electrons. The van der Waals surface area contributed by atoms with E-state index in [0.717, 1.165) is 9.90 Å². The zero-order valence-electron chi connectivity index (χ0n) is 8.57. The molecule has 2 aromatic rings. The number of nitrogens with zero attached hydrogens (tertiary/aromatic N) is 3. The number of non-ortho nitro benzene ring substituents is 1. The number of hydrogen-bond acceptors (Lipinski definition) is 7. The van der Waals surface area contributed by atoms with Gasteiger partial charge in [0.25, 0.3) is 5.69 Å². The molecule has 0 aliphatic rings. The molecule has 88 valence electrons. The fourth-order valence-electron chi connectivity index (χ4n) is 1.20. The first-order valence-corrected chi connectivity index (χ1v) is 6.45. The average Bonchev–Trinajstić information content (AvgIpc) is 2.80. The third-order valence-corrected chi connectivity index (χ3v) is 3.94. The second-order valence-electron chi connectivity index (χ2n) is 3.13. The standard InChI is InChI=1S/C9H8N4O2S2/c10-8-2-1-7(13(14)15)3-6(8)4-16-9-12-11-5-17-9/h1-3,5H,4,10H2. The quantitative estimate of drug-likeness (QED) is 0.396. The minimum absolute atomic E-state index is 0.0482. The molecule has 2 N–H and O–H groups in total. The number of rotatable bonds is 4. The fourth-order valence-corrected chi connectivity index (χ4v) is 2.69. The van der Waals surface area contributed by atoms with E-state index < -0.39 is 4.92 Å². The van der Waals surface area contributed by atoms with Gasteiger partial charge in [-0.2, -0.15) is 0 Å². The number of nitro groups is 1. The van der Waals surface area contributed by atoms with Gasteiger partial charge in [0.1, 0.15) is 5.51 Å². The Balaban J connectivity index is 2.14. The second-order valence-corrected chi connectivity index (χ2v) is 5.19. The van der Waals surface area contributed by atoms with Crippen LogP contribution in [0.15, 0.2) is 28.0 Å². The molecule has 1 aromatic heterocycles. The molecule has 0 aliphatic carbocycles. The van der Waals surface area contributed by atoms with E-state index in [4.69, 9.17) is 5.73 Å². The van der Waals surface area contributed by atoms with Crippen molar-refractivity contribution in [2.24, 2.45) is 0 Å². The van der Waals surface area contributed by atoms with Gasteiger partial charge < -0.3 is 5.73 Å². The van der Waals surface area contributed by atoms with Crippen molar-refractivity contribution in [3.05, 3.63) is 39.4 Å². The van der Waals surface area contributed by atoms with Crippen molar-refractivity contribution in [1.82, 2.24) is 10.2 Å². The fraction of sp³-hybridized carbons (Fsp3) is 0.111. The van der Waals surface area contributed by atoms with Crippen LogP contribution in [-0.2, 0) is 5.75 Å². The summed E-state index contributed by atoms with van der Waals surface area (Å²) in [7, 11) is 0. The molecule has 0 amide bonds. The zero-order valence-corrected chi connectivity index (χ0v) is 10.2. The molecule has 0 unspecified atom stereocenters. The van der Waals surface area contributed by atoms with E-state index in [1.54, 1.807) is 11.6 Å². The van der Waals surface area contributed by atoms with Crippen LogP contribution < -0.4 is 5.73 Å².